The largest absolute Gasteiger partial charge is 0.396 e. The van der Waals surface area contributed by atoms with E-state index in [4.69, 9.17) is 0 Å². The lowest BCUT2D eigenvalue weighted by Gasteiger charge is -1.76. The van der Waals surface area contributed by atoms with E-state index in [0.29, 0.717) is 11.5 Å². The van der Waals surface area contributed by atoms with E-state index in [1.54, 1.807) is 0 Å². The Bertz CT molecular complexity index is 296. The molecular weight excluding hydrogens is 168 g/mol. The van der Waals surface area contributed by atoms with Crippen molar-refractivity contribution in [1.29, 1.82) is 0 Å². The molecule has 3 aliphatic heterocycles. The SMILES string of the molecule is C(#CC1OO1)C(=C1OO1)C1OO1. The minimum atomic E-state index is -0.464. The van der Waals surface area contributed by atoms with Gasteiger partial charge in [-0.05, 0) is 5.92 Å². The minimum Gasteiger partial charge on any atom is -0.241 e. The van der Waals surface area contributed by atoms with E-state index in [1.807, 2.05) is 0 Å². The Morgan fingerprint density at radius 3 is 2.33 bits per heavy atom. The molecule has 0 aromatic heterocycles. The molecule has 6 heteroatoms. The van der Waals surface area contributed by atoms with Gasteiger partial charge in [0.15, 0.2) is 5.57 Å². The van der Waals surface area contributed by atoms with Crippen molar-refractivity contribution in [2.45, 2.75) is 12.6 Å². The van der Waals surface area contributed by atoms with Crippen LogP contribution in [0.3, 0.4) is 0 Å². The third-order valence-corrected chi connectivity index (χ3v) is 1.33. The van der Waals surface area contributed by atoms with Crippen LogP contribution in [0.4, 0.5) is 0 Å². The van der Waals surface area contributed by atoms with E-state index in [0.717, 1.165) is 0 Å². The standard InChI is InChI=1S/C6H2O6/c1(2-4-7-8-4)3(5-9-10-5)6-11-12-6/h4-5H. The molecule has 3 saturated heterocycles. The fourth-order valence-electron chi connectivity index (χ4n) is 0.653. The monoisotopic (exact) mass is 170 g/mol. The Kier molecular flexibility index (Phi) is 1.11. The predicted octanol–water partition coefficient (Wildman–Crippen LogP) is -0.261. The van der Waals surface area contributed by atoms with Crippen molar-refractivity contribution in [3.05, 3.63) is 11.5 Å². The van der Waals surface area contributed by atoms with E-state index >= 15 is 0 Å². The second-order valence-corrected chi connectivity index (χ2v) is 2.19. The summed E-state index contributed by atoms with van der Waals surface area (Å²) in [6.45, 7) is 0. The second kappa shape index (κ2) is 2.12. The maximum atomic E-state index is 4.52. The van der Waals surface area contributed by atoms with Crippen molar-refractivity contribution >= 4 is 0 Å². The quantitative estimate of drug-likeness (QED) is 0.306. The zero-order chi connectivity index (χ0) is 7.97. The first-order valence-electron chi connectivity index (χ1n) is 3.18. The molecule has 0 aliphatic carbocycles. The van der Waals surface area contributed by atoms with Crippen LogP contribution in [0.15, 0.2) is 11.5 Å². The summed E-state index contributed by atoms with van der Waals surface area (Å²) >= 11 is 0. The van der Waals surface area contributed by atoms with Crippen LogP contribution in [0.2, 0.25) is 0 Å². The normalized spacial score (nSPS) is 24.8. The molecule has 3 rings (SSSR count). The Morgan fingerprint density at radius 1 is 1.08 bits per heavy atom. The molecule has 0 amide bonds. The lowest BCUT2D eigenvalue weighted by molar-refractivity contribution is 0.0850. The van der Waals surface area contributed by atoms with Crippen LogP contribution < -0.4 is 0 Å². The highest BCUT2D eigenvalue weighted by Gasteiger charge is 2.40. The summed E-state index contributed by atoms with van der Waals surface area (Å²) in [6.07, 6.45) is -0.910. The van der Waals surface area contributed by atoms with Crippen LogP contribution in [0.5, 0.6) is 0 Å². The molecule has 0 unspecified atom stereocenters. The van der Waals surface area contributed by atoms with Gasteiger partial charge in [-0.3, -0.25) is 0 Å². The van der Waals surface area contributed by atoms with Gasteiger partial charge in [0.1, 0.15) is 0 Å². The van der Waals surface area contributed by atoms with Gasteiger partial charge < -0.3 is 0 Å². The molecule has 0 atom stereocenters. The molecule has 62 valence electrons. The van der Waals surface area contributed by atoms with Crippen LogP contribution >= 0.6 is 0 Å². The molecule has 12 heavy (non-hydrogen) atoms. The Morgan fingerprint density at radius 2 is 1.83 bits per heavy atom. The van der Waals surface area contributed by atoms with Gasteiger partial charge >= 0.3 is 5.95 Å². The molecule has 0 N–H and O–H groups in total. The van der Waals surface area contributed by atoms with E-state index in [2.05, 4.69) is 41.2 Å². The van der Waals surface area contributed by atoms with Crippen LogP contribution in [0.25, 0.3) is 0 Å². The number of hydrogen-bond acceptors (Lipinski definition) is 6. The molecule has 0 aromatic carbocycles. The molecule has 6 nitrogen and oxygen atoms in total. The third-order valence-electron chi connectivity index (χ3n) is 1.33. The van der Waals surface area contributed by atoms with Crippen molar-refractivity contribution in [2.75, 3.05) is 0 Å². The van der Waals surface area contributed by atoms with E-state index in [-0.39, 0.29) is 0 Å². The smallest absolute Gasteiger partial charge is 0.241 e. The summed E-state index contributed by atoms with van der Waals surface area (Å²) in [5, 5.41) is 0. The fraction of sp³-hybridized carbons (Fsp3) is 0.333. The molecule has 0 saturated carbocycles. The summed E-state index contributed by atoms with van der Waals surface area (Å²) < 4.78 is 0. The van der Waals surface area contributed by atoms with Crippen LogP contribution in [0, 0.1) is 11.8 Å². The van der Waals surface area contributed by atoms with Crippen molar-refractivity contribution in [1.82, 2.24) is 0 Å². The zero-order valence-corrected chi connectivity index (χ0v) is 5.60. The predicted molar refractivity (Wildman–Crippen MR) is 28.9 cm³/mol. The Balaban J connectivity index is 1.78. The van der Waals surface area contributed by atoms with Crippen molar-refractivity contribution in [3.63, 3.8) is 0 Å². The average Bonchev–Trinajstić information content (AvgIpc) is 2.94. The second-order valence-electron chi connectivity index (χ2n) is 2.19. The van der Waals surface area contributed by atoms with E-state index in [1.165, 1.54) is 0 Å². The summed E-state index contributed by atoms with van der Waals surface area (Å²) in [7, 11) is 0. The molecule has 3 fully saturated rings. The van der Waals surface area contributed by atoms with Gasteiger partial charge in [-0.25, -0.2) is 9.78 Å². The van der Waals surface area contributed by atoms with Gasteiger partial charge in [0.25, 0.3) is 12.6 Å². The minimum absolute atomic E-state index is 0.325. The van der Waals surface area contributed by atoms with Crippen LogP contribution in [-0.4, -0.2) is 12.6 Å². The van der Waals surface area contributed by atoms with Crippen molar-refractivity contribution in [3.8, 4) is 11.8 Å². The Labute approximate surface area is 66.3 Å². The van der Waals surface area contributed by atoms with Crippen molar-refractivity contribution in [2.24, 2.45) is 0 Å². The third kappa shape index (κ3) is 1.22. The van der Waals surface area contributed by atoms with Gasteiger partial charge in [0.2, 0.25) is 0 Å². The average molecular weight is 170 g/mol. The zero-order valence-electron chi connectivity index (χ0n) is 5.60. The summed E-state index contributed by atoms with van der Waals surface area (Å²) in [4.78, 5) is 26.8. The van der Waals surface area contributed by atoms with Crippen LogP contribution in [-0.2, 0) is 29.3 Å². The maximum Gasteiger partial charge on any atom is 0.396 e. The Hall–Kier alpha value is -1.26. The molecule has 0 bridgehead atoms. The van der Waals surface area contributed by atoms with Gasteiger partial charge in [-0.2, -0.15) is 19.6 Å². The highest BCUT2D eigenvalue weighted by Crippen LogP contribution is 2.31. The number of rotatable bonds is 1. The first-order chi connectivity index (χ1) is 5.93. The summed E-state index contributed by atoms with van der Waals surface area (Å²) in [5.41, 5.74) is 0.508. The lowest BCUT2D eigenvalue weighted by atomic mass is 10.3. The first-order valence-corrected chi connectivity index (χ1v) is 3.18. The highest BCUT2D eigenvalue weighted by molar-refractivity contribution is 5.34. The molecule has 3 heterocycles. The maximum absolute atomic E-state index is 4.52. The fourth-order valence-corrected chi connectivity index (χ4v) is 0.653. The molecular formula is C6H2O6. The first kappa shape index (κ1) is 6.28. The highest BCUT2D eigenvalue weighted by atomic mass is 17.4. The summed E-state index contributed by atoms with van der Waals surface area (Å²) in [6, 6.07) is 0. The molecule has 0 spiro atoms. The lowest BCUT2D eigenvalue weighted by Crippen LogP contribution is -1.89. The number of hydrogen-bond donors (Lipinski definition) is 0. The van der Waals surface area contributed by atoms with E-state index in [9.17, 15) is 0 Å². The molecule has 0 radical (unpaired) electrons. The van der Waals surface area contributed by atoms with Gasteiger partial charge in [0, 0.05) is 0 Å². The van der Waals surface area contributed by atoms with E-state index < -0.39 is 12.6 Å². The topological polar surface area (TPSA) is 75.2 Å². The molecule has 0 aromatic rings. The van der Waals surface area contributed by atoms with Gasteiger partial charge in [-0.1, -0.05) is 5.92 Å². The van der Waals surface area contributed by atoms with Crippen LogP contribution in [0.1, 0.15) is 0 Å². The van der Waals surface area contributed by atoms with Gasteiger partial charge in [0.05, 0.1) is 0 Å². The van der Waals surface area contributed by atoms with Gasteiger partial charge in [-0.15, -0.1) is 0 Å². The summed E-state index contributed by atoms with van der Waals surface area (Å²) in [5.74, 6) is 5.64. The molecule has 3 aliphatic rings. The van der Waals surface area contributed by atoms with Crippen molar-refractivity contribution < 1.29 is 29.3 Å².